The highest BCUT2D eigenvalue weighted by atomic mass is 35.5. The van der Waals surface area contributed by atoms with E-state index in [1.807, 2.05) is 6.07 Å². The minimum atomic E-state index is -1.05. The molecule has 5 heteroatoms. The van der Waals surface area contributed by atoms with Crippen molar-refractivity contribution in [1.82, 2.24) is 4.98 Å². The topological polar surface area (TPSA) is 59.4 Å². The Balaban J connectivity index is 2.33. The number of ether oxygens (including phenoxy) is 1. The van der Waals surface area contributed by atoms with Gasteiger partial charge in [0.15, 0.2) is 6.61 Å². The largest absolute Gasteiger partial charge is 0.481 e. The molecule has 0 atom stereocenters. The van der Waals surface area contributed by atoms with E-state index >= 15 is 0 Å². The van der Waals surface area contributed by atoms with E-state index in [2.05, 4.69) is 30.7 Å². The summed E-state index contributed by atoms with van der Waals surface area (Å²) in [4.78, 5) is 14.8. The Bertz CT molecular complexity index is 791. The van der Waals surface area contributed by atoms with Crippen molar-refractivity contribution in [2.45, 2.75) is 20.3 Å². The Kier molecular flexibility index (Phi) is 6.22. The zero-order valence-electron chi connectivity index (χ0n) is 13.5. The minimum absolute atomic E-state index is 0.392. The smallest absolute Gasteiger partial charge is 0.341 e. The molecule has 1 N–H and O–H groups in total. The Morgan fingerprint density at radius 3 is 2.75 bits per heavy atom. The van der Waals surface area contributed by atoms with Crippen LogP contribution >= 0.6 is 11.6 Å². The number of pyridine rings is 1. The van der Waals surface area contributed by atoms with E-state index in [-0.39, 0.29) is 0 Å². The number of carbonyl (C=O) groups is 1. The van der Waals surface area contributed by atoms with Crippen LogP contribution in [0.1, 0.15) is 30.5 Å². The molecule has 0 radical (unpaired) electrons. The average Bonchev–Trinajstić information content (AvgIpc) is 2.52. The molecule has 0 spiro atoms. The van der Waals surface area contributed by atoms with Crippen LogP contribution in [0.3, 0.4) is 0 Å². The van der Waals surface area contributed by atoms with Gasteiger partial charge in [0, 0.05) is 23.0 Å². The second kappa shape index (κ2) is 8.37. The Hall–Kier alpha value is -2.51. The summed E-state index contributed by atoms with van der Waals surface area (Å²) in [6, 6.07) is 6.87. The number of benzene rings is 1. The lowest BCUT2D eigenvalue weighted by Gasteiger charge is -2.07. The number of hydrogen-bond acceptors (Lipinski definition) is 3. The lowest BCUT2D eigenvalue weighted by molar-refractivity contribution is -0.139. The molecule has 2 rings (SSSR count). The van der Waals surface area contributed by atoms with Gasteiger partial charge in [-0.1, -0.05) is 37.3 Å². The van der Waals surface area contributed by atoms with Crippen LogP contribution in [0.4, 0.5) is 0 Å². The van der Waals surface area contributed by atoms with Gasteiger partial charge in [0.2, 0.25) is 0 Å². The average molecular weight is 344 g/mol. The first-order valence-corrected chi connectivity index (χ1v) is 7.92. The Labute approximate surface area is 146 Å². The highest BCUT2D eigenvalue weighted by molar-refractivity contribution is 6.30. The maximum Gasteiger partial charge on any atom is 0.341 e. The summed E-state index contributed by atoms with van der Waals surface area (Å²) in [6.45, 7) is 3.86. The van der Waals surface area contributed by atoms with Gasteiger partial charge in [-0.25, -0.2) is 4.79 Å². The van der Waals surface area contributed by atoms with E-state index in [1.54, 1.807) is 30.6 Å². The first kappa shape index (κ1) is 17.8. The number of carboxylic acid groups (broad SMARTS) is 1. The second-order valence-electron chi connectivity index (χ2n) is 5.70. The van der Waals surface area contributed by atoms with Crippen LogP contribution in [0.5, 0.6) is 5.75 Å². The van der Waals surface area contributed by atoms with E-state index in [4.69, 9.17) is 21.4 Å². The molecule has 2 aromatic rings. The molecule has 0 amide bonds. The summed E-state index contributed by atoms with van der Waals surface area (Å²) in [5.41, 5.74) is 2.51. The van der Waals surface area contributed by atoms with Gasteiger partial charge in [-0.2, -0.15) is 0 Å². The van der Waals surface area contributed by atoms with Crippen molar-refractivity contribution in [3.8, 4) is 17.6 Å². The van der Waals surface area contributed by atoms with Crippen molar-refractivity contribution in [2.75, 3.05) is 6.61 Å². The zero-order valence-corrected chi connectivity index (χ0v) is 14.3. The molecule has 0 saturated heterocycles. The molecular formula is C19H18ClNO3. The lowest BCUT2D eigenvalue weighted by Crippen LogP contribution is -2.10. The number of hydrogen-bond donors (Lipinski definition) is 1. The van der Waals surface area contributed by atoms with Crippen molar-refractivity contribution in [3.63, 3.8) is 0 Å². The molecule has 1 aromatic carbocycles. The van der Waals surface area contributed by atoms with Crippen molar-refractivity contribution < 1.29 is 14.6 Å². The highest BCUT2D eigenvalue weighted by Crippen LogP contribution is 2.22. The van der Waals surface area contributed by atoms with E-state index in [0.29, 0.717) is 22.3 Å². The molecule has 0 fully saturated rings. The number of halogens is 1. The summed E-state index contributed by atoms with van der Waals surface area (Å²) in [6.07, 6.45) is 4.39. The van der Waals surface area contributed by atoms with Crippen molar-refractivity contribution in [2.24, 2.45) is 5.92 Å². The van der Waals surface area contributed by atoms with Crippen LogP contribution in [-0.4, -0.2) is 22.7 Å². The maximum atomic E-state index is 10.7. The Morgan fingerprint density at radius 2 is 2.04 bits per heavy atom. The number of aromatic nitrogens is 1. The molecule has 0 saturated carbocycles. The molecule has 1 aromatic heterocycles. The summed E-state index contributed by atoms with van der Waals surface area (Å²) in [7, 11) is 0. The first-order chi connectivity index (χ1) is 11.5. The van der Waals surface area contributed by atoms with Crippen LogP contribution in [0.15, 0.2) is 36.7 Å². The number of nitrogens with zero attached hydrogens (tertiary/aromatic N) is 1. The summed E-state index contributed by atoms with van der Waals surface area (Å²) in [5, 5.41) is 9.26. The normalized spacial score (nSPS) is 10.2. The molecule has 1 heterocycles. The third-order valence-electron chi connectivity index (χ3n) is 3.16. The molecule has 4 nitrogen and oxygen atoms in total. The number of rotatable bonds is 5. The van der Waals surface area contributed by atoms with Crippen molar-refractivity contribution >= 4 is 17.6 Å². The van der Waals surface area contributed by atoms with E-state index < -0.39 is 12.6 Å². The minimum Gasteiger partial charge on any atom is -0.481 e. The fraction of sp³-hybridized carbons (Fsp3) is 0.263. The molecule has 124 valence electrons. The monoisotopic (exact) mass is 343 g/mol. The standard InChI is InChI=1S/C19H18ClNO3/c1-13(2)9-14-7-8-21-11-16(14)4-3-15-10-17(20)5-6-18(15)24-12-19(22)23/h5-8,10-11,13H,9,12H2,1-2H3,(H,22,23). The third kappa shape index (κ3) is 5.29. The van der Waals surface area contributed by atoms with E-state index in [9.17, 15) is 4.79 Å². The third-order valence-corrected chi connectivity index (χ3v) is 3.40. The van der Waals surface area contributed by atoms with Gasteiger partial charge >= 0.3 is 5.97 Å². The Morgan fingerprint density at radius 1 is 1.29 bits per heavy atom. The fourth-order valence-electron chi connectivity index (χ4n) is 2.15. The molecule has 0 unspecified atom stereocenters. The van der Waals surface area contributed by atoms with Gasteiger partial charge in [-0.05, 0) is 42.2 Å². The summed E-state index contributed by atoms with van der Waals surface area (Å²) >= 11 is 6.01. The summed E-state index contributed by atoms with van der Waals surface area (Å²) in [5.74, 6) is 5.96. The molecular weight excluding hydrogens is 326 g/mol. The number of carboxylic acids is 1. The maximum absolute atomic E-state index is 10.7. The van der Waals surface area contributed by atoms with Crippen molar-refractivity contribution in [3.05, 3.63) is 58.4 Å². The SMILES string of the molecule is CC(C)Cc1ccncc1C#Cc1cc(Cl)ccc1OCC(=O)O. The zero-order chi connectivity index (χ0) is 17.5. The predicted octanol–water partition coefficient (Wildman–Crippen LogP) is 3.80. The molecule has 24 heavy (non-hydrogen) atoms. The van der Waals surface area contributed by atoms with Gasteiger partial charge in [-0.3, -0.25) is 4.98 Å². The van der Waals surface area contributed by atoms with Crippen LogP contribution in [0.25, 0.3) is 0 Å². The fourth-order valence-corrected chi connectivity index (χ4v) is 2.33. The van der Waals surface area contributed by atoms with Crippen LogP contribution < -0.4 is 4.74 Å². The van der Waals surface area contributed by atoms with E-state index in [1.165, 1.54) is 0 Å². The van der Waals surface area contributed by atoms with E-state index in [0.717, 1.165) is 17.5 Å². The van der Waals surface area contributed by atoms with Crippen LogP contribution in [0, 0.1) is 17.8 Å². The van der Waals surface area contributed by atoms with Gasteiger partial charge in [-0.15, -0.1) is 0 Å². The molecule has 0 aliphatic heterocycles. The summed E-state index contributed by atoms with van der Waals surface area (Å²) < 4.78 is 5.26. The van der Waals surface area contributed by atoms with Gasteiger partial charge in [0.05, 0.1) is 5.56 Å². The van der Waals surface area contributed by atoms with Crippen molar-refractivity contribution in [1.29, 1.82) is 0 Å². The second-order valence-corrected chi connectivity index (χ2v) is 6.14. The first-order valence-electron chi connectivity index (χ1n) is 7.54. The van der Waals surface area contributed by atoms with Gasteiger partial charge in [0.25, 0.3) is 0 Å². The highest BCUT2D eigenvalue weighted by Gasteiger charge is 2.06. The van der Waals surface area contributed by atoms with Gasteiger partial charge < -0.3 is 9.84 Å². The quantitative estimate of drug-likeness (QED) is 0.839. The number of aliphatic carboxylic acids is 1. The molecule has 0 aliphatic carbocycles. The van der Waals surface area contributed by atoms with Crippen LogP contribution in [0.2, 0.25) is 5.02 Å². The molecule has 0 bridgehead atoms. The molecule has 0 aliphatic rings. The lowest BCUT2D eigenvalue weighted by atomic mass is 10.00. The van der Waals surface area contributed by atoms with Crippen LogP contribution in [-0.2, 0) is 11.2 Å². The van der Waals surface area contributed by atoms with Gasteiger partial charge in [0.1, 0.15) is 5.75 Å². The predicted molar refractivity (Wildman–Crippen MR) is 93.3 cm³/mol.